The van der Waals surface area contributed by atoms with Gasteiger partial charge in [0.2, 0.25) is 0 Å². The summed E-state index contributed by atoms with van der Waals surface area (Å²) < 4.78 is 39.7. The molecule has 2 N–H and O–H groups in total. The predicted molar refractivity (Wildman–Crippen MR) is 82.8 cm³/mol. The molecule has 0 aliphatic carbocycles. The Balaban J connectivity index is 2.49. The molecule has 10 heteroatoms. The third-order valence-corrected chi connectivity index (χ3v) is 4.27. The van der Waals surface area contributed by atoms with Gasteiger partial charge in [0.05, 0.1) is 0 Å². The Bertz CT molecular complexity index is 682. The Kier molecular flexibility index (Phi) is 5.35. The van der Waals surface area contributed by atoms with E-state index in [1.54, 1.807) is 25.6 Å². The van der Waals surface area contributed by atoms with Crippen molar-refractivity contribution in [2.24, 2.45) is 0 Å². The number of nitrogens with zero attached hydrogens (tertiary/aromatic N) is 4. The van der Waals surface area contributed by atoms with Crippen molar-refractivity contribution in [2.45, 2.75) is 32.5 Å². The minimum atomic E-state index is -4.63. The monoisotopic (exact) mass is 349 g/mol. The SMILES string of the molecule is CSCC(CCO)Nc1nn2c(C(F)(F)F)nnc2c(C)c1C. The molecule has 1 atom stereocenters. The van der Waals surface area contributed by atoms with Gasteiger partial charge in [0, 0.05) is 24.0 Å². The van der Waals surface area contributed by atoms with Gasteiger partial charge >= 0.3 is 6.18 Å². The van der Waals surface area contributed by atoms with Crippen molar-refractivity contribution >= 4 is 23.2 Å². The molecule has 128 valence electrons. The van der Waals surface area contributed by atoms with Crippen LogP contribution in [-0.4, -0.2) is 49.6 Å². The van der Waals surface area contributed by atoms with Gasteiger partial charge < -0.3 is 10.4 Å². The van der Waals surface area contributed by atoms with Gasteiger partial charge in [-0.15, -0.1) is 15.3 Å². The first-order chi connectivity index (χ1) is 10.8. The number of aliphatic hydroxyl groups is 1. The highest BCUT2D eigenvalue weighted by atomic mass is 32.2. The van der Waals surface area contributed by atoms with E-state index in [9.17, 15) is 13.2 Å². The van der Waals surface area contributed by atoms with E-state index in [1.165, 1.54) is 0 Å². The Morgan fingerprint density at radius 1 is 1.26 bits per heavy atom. The average molecular weight is 349 g/mol. The third-order valence-electron chi connectivity index (χ3n) is 3.53. The summed E-state index contributed by atoms with van der Waals surface area (Å²) >= 11 is 1.58. The van der Waals surface area contributed by atoms with Crippen molar-refractivity contribution in [1.82, 2.24) is 19.8 Å². The highest BCUT2D eigenvalue weighted by Crippen LogP contribution is 2.29. The van der Waals surface area contributed by atoms with E-state index in [0.717, 1.165) is 4.52 Å². The molecule has 0 saturated carbocycles. The smallest absolute Gasteiger partial charge is 0.396 e. The molecule has 23 heavy (non-hydrogen) atoms. The molecule has 2 aromatic rings. The highest BCUT2D eigenvalue weighted by Gasteiger charge is 2.38. The maximum atomic E-state index is 13.0. The number of alkyl halides is 3. The number of fused-ring (bicyclic) bond motifs is 1. The zero-order valence-corrected chi connectivity index (χ0v) is 13.8. The second-order valence-electron chi connectivity index (χ2n) is 5.16. The van der Waals surface area contributed by atoms with Crippen molar-refractivity contribution in [3.63, 3.8) is 0 Å². The lowest BCUT2D eigenvalue weighted by molar-refractivity contribution is -0.146. The van der Waals surface area contributed by atoms with Crippen LogP contribution in [0.5, 0.6) is 0 Å². The summed E-state index contributed by atoms with van der Waals surface area (Å²) in [5.74, 6) is -0.109. The third kappa shape index (κ3) is 3.69. The molecule has 2 aromatic heterocycles. The predicted octanol–water partition coefficient (Wildman–Crippen LogP) is 2.29. The maximum Gasteiger partial charge on any atom is 0.453 e. The van der Waals surface area contributed by atoms with Gasteiger partial charge in [-0.1, -0.05) is 0 Å². The number of rotatable bonds is 6. The summed E-state index contributed by atoms with van der Waals surface area (Å²) in [7, 11) is 0. The fourth-order valence-electron chi connectivity index (χ4n) is 2.19. The number of aromatic nitrogens is 4. The molecule has 0 fully saturated rings. The lowest BCUT2D eigenvalue weighted by atomic mass is 10.1. The van der Waals surface area contributed by atoms with Crippen LogP contribution >= 0.6 is 11.8 Å². The van der Waals surface area contributed by atoms with Crippen LogP contribution in [-0.2, 0) is 6.18 Å². The van der Waals surface area contributed by atoms with Gasteiger partial charge in [-0.05, 0) is 32.1 Å². The molecular formula is C13H18F3N5OS. The van der Waals surface area contributed by atoms with Crippen molar-refractivity contribution in [3.8, 4) is 0 Å². The van der Waals surface area contributed by atoms with Gasteiger partial charge in [0.25, 0.3) is 5.82 Å². The number of hydrogen-bond acceptors (Lipinski definition) is 6. The van der Waals surface area contributed by atoms with E-state index in [0.29, 0.717) is 29.1 Å². The molecule has 0 saturated heterocycles. The number of thioether (sulfide) groups is 1. The molecule has 2 rings (SSSR count). The summed E-state index contributed by atoms with van der Waals surface area (Å²) in [5, 5.41) is 23.1. The Morgan fingerprint density at radius 2 is 1.96 bits per heavy atom. The number of anilines is 1. The van der Waals surface area contributed by atoms with Crippen LogP contribution in [0, 0.1) is 13.8 Å². The van der Waals surface area contributed by atoms with Crippen LogP contribution in [0.1, 0.15) is 23.4 Å². The first-order valence-corrected chi connectivity index (χ1v) is 8.35. The molecule has 1 unspecified atom stereocenters. The molecule has 0 bridgehead atoms. The highest BCUT2D eigenvalue weighted by molar-refractivity contribution is 7.98. The van der Waals surface area contributed by atoms with Gasteiger partial charge in [0.15, 0.2) is 11.5 Å². The molecule has 0 aromatic carbocycles. The summed E-state index contributed by atoms with van der Waals surface area (Å²) in [6, 6.07) is -0.0936. The van der Waals surface area contributed by atoms with Gasteiger partial charge in [0.1, 0.15) is 0 Å². The molecule has 0 aliphatic rings. The first-order valence-electron chi connectivity index (χ1n) is 6.95. The van der Waals surface area contributed by atoms with E-state index < -0.39 is 12.0 Å². The summed E-state index contributed by atoms with van der Waals surface area (Å²) in [4.78, 5) is 0. The minimum absolute atomic E-state index is 0.0149. The van der Waals surface area contributed by atoms with Gasteiger partial charge in [-0.3, -0.25) is 0 Å². The van der Waals surface area contributed by atoms with E-state index in [4.69, 9.17) is 5.11 Å². The second kappa shape index (κ2) is 6.91. The van der Waals surface area contributed by atoms with Crippen LogP contribution in [0.4, 0.5) is 19.0 Å². The number of nitrogens with one attached hydrogen (secondary N) is 1. The largest absolute Gasteiger partial charge is 0.453 e. The number of halogens is 3. The quantitative estimate of drug-likeness (QED) is 0.833. The number of aliphatic hydroxyl groups excluding tert-OH is 1. The van der Waals surface area contributed by atoms with Crippen molar-refractivity contribution in [1.29, 1.82) is 0 Å². The zero-order chi connectivity index (χ0) is 17.2. The fraction of sp³-hybridized carbons (Fsp3) is 0.615. The molecule has 0 spiro atoms. The lowest BCUT2D eigenvalue weighted by Gasteiger charge is -2.19. The molecular weight excluding hydrogens is 331 g/mol. The topological polar surface area (TPSA) is 75.3 Å². The van der Waals surface area contributed by atoms with E-state index in [1.807, 2.05) is 6.26 Å². The normalized spacial score (nSPS) is 13.5. The molecule has 0 radical (unpaired) electrons. The van der Waals surface area contributed by atoms with E-state index in [-0.39, 0.29) is 18.3 Å². The van der Waals surface area contributed by atoms with E-state index >= 15 is 0 Å². The average Bonchev–Trinajstić information content (AvgIpc) is 2.89. The Hall–Kier alpha value is -1.55. The minimum Gasteiger partial charge on any atom is -0.396 e. The van der Waals surface area contributed by atoms with Crippen LogP contribution < -0.4 is 5.32 Å². The second-order valence-corrected chi connectivity index (χ2v) is 6.07. The maximum absolute atomic E-state index is 13.0. The van der Waals surface area contributed by atoms with Crippen LogP contribution in [0.25, 0.3) is 5.65 Å². The molecule has 6 nitrogen and oxygen atoms in total. The molecule has 0 amide bonds. The van der Waals surface area contributed by atoms with Gasteiger partial charge in [-0.25, -0.2) is 0 Å². The summed E-state index contributed by atoms with van der Waals surface area (Å²) in [6.07, 6.45) is -2.23. The number of aryl methyl sites for hydroxylation is 1. The Labute approximate surface area is 135 Å². The summed E-state index contributed by atoms with van der Waals surface area (Å²) in [6.45, 7) is 3.43. The van der Waals surface area contributed by atoms with E-state index in [2.05, 4.69) is 20.6 Å². The fourth-order valence-corrected chi connectivity index (χ4v) is 2.84. The van der Waals surface area contributed by atoms with Crippen molar-refractivity contribution in [2.75, 3.05) is 23.9 Å². The summed E-state index contributed by atoms with van der Waals surface area (Å²) in [5.41, 5.74) is 1.38. The van der Waals surface area contributed by atoms with Crippen LogP contribution in [0.2, 0.25) is 0 Å². The first kappa shape index (κ1) is 17.8. The standard InChI is InChI=1S/C13H18F3N5OS/c1-7-8(2)11-18-19-12(13(14,15)16)21(11)20-10(7)17-9(4-5-22)6-23-3/h9,22H,4-6H2,1-3H3,(H,17,20). The van der Waals surface area contributed by atoms with Crippen molar-refractivity contribution < 1.29 is 18.3 Å². The lowest BCUT2D eigenvalue weighted by Crippen LogP contribution is -2.26. The van der Waals surface area contributed by atoms with Crippen LogP contribution in [0.15, 0.2) is 0 Å². The molecule has 2 heterocycles. The van der Waals surface area contributed by atoms with Gasteiger partial charge in [-0.2, -0.15) is 29.4 Å². The zero-order valence-electron chi connectivity index (χ0n) is 13.0. The Morgan fingerprint density at radius 3 is 2.52 bits per heavy atom. The number of hydrogen-bond donors (Lipinski definition) is 2. The van der Waals surface area contributed by atoms with Crippen LogP contribution in [0.3, 0.4) is 0 Å². The molecule has 0 aliphatic heterocycles. The van der Waals surface area contributed by atoms with Crippen molar-refractivity contribution in [3.05, 3.63) is 17.0 Å².